The van der Waals surface area contributed by atoms with Gasteiger partial charge in [-0.05, 0) is 31.4 Å². The van der Waals surface area contributed by atoms with Gasteiger partial charge >= 0.3 is 0 Å². The number of Topliss-reactive ketones (excluding diaryl/α,β-unsaturated/α-hetero) is 1. The van der Waals surface area contributed by atoms with Crippen LogP contribution >= 0.6 is 0 Å². The summed E-state index contributed by atoms with van der Waals surface area (Å²) in [6.07, 6.45) is 2.34. The van der Waals surface area contributed by atoms with Crippen molar-refractivity contribution in [2.45, 2.75) is 69.7 Å². The number of hydrogen-bond donors (Lipinski definition) is 5. The summed E-state index contributed by atoms with van der Waals surface area (Å²) in [6.45, 7) is -2.54. The Balaban J connectivity index is 2.18. The molecule has 208 valence electrons. The average Bonchev–Trinajstić information content (AvgIpc) is 3.21. The Bertz CT molecular complexity index is 645. The maximum absolute atomic E-state index is 12.0. The van der Waals surface area contributed by atoms with Crippen molar-refractivity contribution >= 4 is 17.3 Å². The first-order valence-corrected chi connectivity index (χ1v) is 12.2. The smallest absolute Gasteiger partial charge is 0.181 e. The van der Waals surface area contributed by atoms with E-state index in [1.165, 1.54) is 12.2 Å². The normalized spacial score (nSPS) is 16.7. The number of aliphatic hydroxyl groups is 5. The molecule has 0 fully saturated rings. The second kappa shape index (κ2) is 19.5. The van der Waals surface area contributed by atoms with Crippen molar-refractivity contribution in [3.8, 4) is 0 Å². The van der Waals surface area contributed by atoms with E-state index in [4.69, 9.17) is 29.2 Å². The quantitative estimate of drug-likeness (QED) is 0.0630. The third kappa shape index (κ3) is 13.1. The molecule has 1 aliphatic rings. The Morgan fingerprint density at radius 1 is 0.722 bits per heavy atom. The lowest BCUT2D eigenvalue weighted by Crippen LogP contribution is -2.37. The van der Waals surface area contributed by atoms with E-state index in [2.05, 4.69) is 0 Å². The minimum Gasteiger partial charge on any atom is -0.394 e. The van der Waals surface area contributed by atoms with Gasteiger partial charge in [0.2, 0.25) is 0 Å². The highest BCUT2D eigenvalue weighted by molar-refractivity contribution is 6.18. The van der Waals surface area contributed by atoms with Gasteiger partial charge in [-0.25, -0.2) is 0 Å². The minimum atomic E-state index is -1.16. The van der Waals surface area contributed by atoms with Crippen molar-refractivity contribution in [3.05, 3.63) is 12.2 Å². The number of ketones is 3. The van der Waals surface area contributed by atoms with E-state index >= 15 is 0 Å². The zero-order chi connectivity index (χ0) is 26.8. The van der Waals surface area contributed by atoms with Crippen molar-refractivity contribution in [1.29, 1.82) is 0 Å². The first-order chi connectivity index (χ1) is 17.4. The van der Waals surface area contributed by atoms with Crippen molar-refractivity contribution in [2.24, 2.45) is 5.92 Å². The molecule has 0 aromatic heterocycles. The van der Waals surface area contributed by atoms with Crippen LogP contribution in [0.15, 0.2) is 12.2 Å². The van der Waals surface area contributed by atoms with Crippen LogP contribution in [-0.2, 0) is 33.3 Å². The summed E-state index contributed by atoms with van der Waals surface area (Å²) in [5.74, 6) is -0.769. The first kappa shape index (κ1) is 32.4. The molecule has 1 rings (SSSR count). The van der Waals surface area contributed by atoms with Gasteiger partial charge in [0.25, 0.3) is 0 Å². The molecule has 0 radical (unpaired) electrons. The lowest BCUT2D eigenvalue weighted by molar-refractivity contribution is -0.240. The Morgan fingerprint density at radius 2 is 1.28 bits per heavy atom. The topological polar surface area (TPSA) is 189 Å². The van der Waals surface area contributed by atoms with Gasteiger partial charge in [-0.1, -0.05) is 12.8 Å². The fourth-order valence-corrected chi connectivity index (χ4v) is 3.47. The van der Waals surface area contributed by atoms with Crippen LogP contribution in [0.1, 0.15) is 44.9 Å². The number of unbranched alkanes of at least 4 members (excludes halogenated alkanes) is 2. The van der Waals surface area contributed by atoms with Crippen molar-refractivity contribution in [3.63, 3.8) is 0 Å². The Labute approximate surface area is 210 Å². The maximum atomic E-state index is 12.0. The minimum absolute atomic E-state index is 0.0653. The second-order valence-electron chi connectivity index (χ2n) is 8.42. The summed E-state index contributed by atoms with van der Waals surface area (Å²) in [6, 6.07) is 0. The summed E-state index contributed by atoms with van der Waals surface area (Å²) in [5, 5.41) is 46.3. The molecule has 0 amide bonds. The van der Waals surface area contributed by atoms with Gasteiger partial charge in [-0.2, -0.15) is 0 Å². The predicted molar refractivity (Wildman–Crippen MR) is 125 cm³/mol. The molecule has 5 N–H and O–H groups in total. The van der Waals surface area contributed by atoms with E-state index in [1.807, 2.05) is 0 Å². The van der Waals surface area contributed by atoms with Crippen LogP contribution in [0.3, 0.4) is 0 Å². The van der Waals surface area contributed by atoms with Gasteiger partial charge in [-0.3, -0.25) is 14.4 Å². The standard InChI is InChI=1S/C24H40O12/c25-11-18(12-26)35-24(15-29)34-16-19(13-27)36-23(14-28)33-10-4-6-17(30)5-2-1-3-7-20-21(31)8-9-22(20)32/h8-9,18-20,23-29H,1-7,10-16H2. The zero-order valence-corrected chi connectivity index (χ0v) is 20.5. The third-order valence-electron chi connectivity index (χ3n) is 5.52. The van der Waals surface area contributed by atoms with Crippen molar-refractivity contribution in [1.82, 2.24) is 0 Å². The number of hydrogen-bond acceptors (Lipinski definition) is 12. The Hall–Kier alpha value is -1.61. The molecule has 0 bridgehead atoms. The van der Waals surface area contributed by atoms with E-state index < -0.39 is 63.7 Å². The van der Waals surface area contributed by atoms with Gasteiger partial charge in [-0.15, -0.1) is 0 Å². The number of carbonyl (C=O) groups excluding carboxylic acids is 3. The van der Waals surface area contributed by atoms with Crippen LogP contribution in [0.4, 0.5) is 0 Å². The molecule has 3 atom stereocenters. The molecule has 0 aliphatic heterocycles. The molecule has 0 saturated heterocycles. The average molecular weight is 521 g/mol. The molecule has 12 heteroatoms. The van der Waals surface area contributed by atoms with E-state index in [0.717, 1.165) is 6.42 Å². The van der Waals surface area contributed by atoms with Crippen LogP contribution < -0.4 is 0 Å². The van der Waals surface area contributed by atoms with Crippen LogP contribution in [0.5, 0.6) is 0 Å². The van der Waals surface area contributed by atoms with Gasteiger partial charge in [0.05, 0.1) is 52.2 Å². The summed E-state index contributed by atoms with van der Waals surface area (Å²) < 4.78 is 21.3. The molecular formula is C24H40O12. The molecule has 36 heavy (non-hydrogen) atoms. The summed E-state index contributed by atoms with van der Waals surface area (Å²) in [5.41, 5.74) is 0. The van der Waals surface area contributed by atoms with Crippen molar-refractivity contribution in [2.75, 3.05) is 46.2 Å². The highest BCUT2D eigenvalue weighted by Gasteiger charge is 2.27. The Kier molecular flexibility index (Phi) is 17.6. The number of rotatable bonds is 23. The molecule has 0 aromatic carbocycles. The third-order valence-corrected chi connectivity index (χ3v) is 5.52. The molecule has 0 spiro atoms. The van der Waals surface area contributed by atoms with Crippen molar-refractivity contribution < 1.29 is 58.9 Å². The van der Waals surface area contributed by atoms with Crippen LogP contribution in [0.25, 0.3) is 0 Å². The van der Waals surface area contributed by atoms with Gasteiger partial charge in [0.1, 0.15) is 18.0 Å². The summed E-state index contributed by atoms with van der Waals surface area (Å²) >= 11 is 0. The fourth-order valence-electron chi connectivity index (χ4n) is 3.47. The molecule has 0 aromatic rings. The molecule has 0 saturated carbocycles. The lowest BCUT2D eigenvalue weighted by atomic mass is 9.96. The highest BCUT2D eigenvalue weighted by Crippen LogP contribution is 2.19. The van der Waals surface area contributed by atoms with Gasteiger partial charge < -0.3 is 44.5 Å². The van der Waals surface area contributed by atoms with Gasteiger partial charge in [0, 0.05) is 12.8 Å². The lowest BCUT2D eigenvalue weighted by Gasteiger charge is -2.25. The van der Waals surface area contributed by atoms with Crippen LogP contribution in [-0.4, -0.2) is 114 Å². The Morgan fingerprint density at radius 3 is 1.86 bits per heavy atom. The SMILES string of the molecule is O=C(CCCCCC1C(=O)C=CC1=O)CCCOC(CO)OC(CO)COC(CO)OC(CO)CO. The number of aliphatic hydroxyl groups excluding tert-OH is 5. The fraction of sp³-hybridized carbons (Fsp3) is 0.792. The van der Waals surface area contributed by atoms with E-state index in [9.17, 15) is 29.7 Å². The molecule has 0 heterocycles. The maximum Gasteiger partial charge on any atom is 0.181 e. The predicted octanol–water partition coefficient (Wildman–Crippen LogP) is -0.972. The van der Waals surface area contributed by atoms with E-state index in [0.29, 0.717) is 38.5 Å². The summed E-state index contributed by atoms with van der Waals surface area (Å²) in [4.78, 5) is 35.1. The highest BCUT2D eigenvalue weighted by atomic mass is 16.7. The van der Waals surface area contributed by atoms with E-state index in [1.54, 1.807) is 0 Å². The zero-order valence-electron chi connectivity index (χ0n) is 20.5. The van der Waals surface area contributed by atoms with E-state index in [-0.39, 0.29) is 30.6 Å². The number of allylic oxidation sites excluding steroid dienone is 2. The molecular weight excluding hydrogens is 480 g/mol. The molecule has 1 aliphatic carbocycles. The second-order valence-corrected chi connectivity index (χ2v) is 8.42. The van der Waals surface area contributed by atoms with Crippen LogP contribution in [0, 0.1) is 5.92 Å². The molecule has 3 unspecified atom stereocenters. The number of carbonyl (C=O) groups is 3. The number of ether oxygens (including phenoxy) is 4. The first-order valence-electron chi connectivity index (χ1n) is 12.2. The summed E-state index contributed by atoms with van der Waals surface area (Å²) in [7, 11) is 0. The monoisotopic (exact) mass is 520 g/mol. The largest absolute Gasteiger partial charge is 0.394 e. The molecule has 12 nitrogen and oxygen atoms in total. The van der Waals surface area contributed by atoms with Gasteiger partial charge in [0.15, 0.2) is 24.1 Å². The van der Waals surface area contributed by atoms with Crippen LogP contribution in [0.2, 0.25) is 0 Å².